The first-order valence-corrected chi connectivity index (χ1v) is 5.27. The number of methoxy groups -OCH3 is 1. The molecule has 1 N–H and O–H groups in total. The molecule has 5 heteroatoms. The molecule has 1 aliphatic rings. The summed E-state index contributed by atoms with van der Waals surface area (Å²) in [4.78, 5) is 14.8. The molecule has 0 saturated carbocycles. The molecule has 1 unspecified atom stereocenters. The van der Waals surface area contributed by atoms with E-state index in [0.29, 0.717) is 18.2 Å². The molecule has 0 amide bonds. The molecular formula is C12H13NO4. The van der Waals surface area contributed by atoms with Crippen molar-refractivity contribution in [2.45, 2.75) is 12.5 Å². The molecule has 1 aromatic carbocycles. The van der Waals surface area contributed by atoms with Gasteiger partial charge in [-0.1, -0.05) is 12.1 Å². The maximum absolute atomic E-state index is 10.6. The Morgan fingerprint density at radius 2 is 2.35 bits per heavy atom. The number of rotatable bonds is 4. The molecule has 1 aromatic rings. The van der Waals surface area contributed by atoms with Crippen LogP contribution in [0.2, 0.25) is 0 Å². The van der Waals surface area contributed by atoms with Gasteiger partial charge in [0, 0.05) is 0 Å². The molecule has 0 aromatic heterocycles. The highest BCUT2D eigenvalue weighted by Gasteiger charge is 2.24. The highest BCUT2D eigenvalue weighted by Crippen LogP contribution is 2.22. The lowest BCUT2D eigenvalue weighted by atomic mass is 10.2. The zero-order valence-electron chi connectivity index (χ0n) is 9.42. The van der Waals surface area contributed by atoms with Gasteiger partial charge >= 0.3 is 5.97 Å². The average molecular weight is 235 g/mol. The third-order valence-electron chi connectivity index (χ3n) is 2.46. The summed E-state index contributed by atoms with van der Waals surface area (Å²) >= 11 is 0. The van der Waals surface area contributed by atoms with Gasteiger partial charge < -0.3 is 14.6 Å². The van der Waals surface area contributed by atoms with Gasteiger partial charge in [0.2, 0.25) is 5.90 Å². The summed E-state index contributed by atoms with van der Waals surface area (Å²) in [6.07, 6.45) is -0.422. The van der Waals surface area contributed by atoms with Crippen molar-refractivity contribution in [2.24, 2.45) is 4.99 Å². The van der Waals surface area contributed by atoms with Crippen LogP contribution >= 0.6 is 0 Å². The van der Waals surface area contributed by atoms with Gasteiger partial charge in [-0.25, -0.2) is 4.99 Å². The number of benzene rings is 1. The van der Waals surface area contributed by atoms with Crippen molar-refractivity contribution in [1.82, 2.24) is 0 Å². The van der Waals surface area contributed by atoms with Gasteiger partial charge in [0.15, 0.2) is 0 Å². The largest absolute Gasteiger partial charge is 0.496 e. The van der Waals surface area contributed by atoms with E-state index in [4.69, 9.17) is 14.6 Å². The van der Waals surface area contributed by atoms with Crippen LogP contribution in [0.15, 0.2) is 29.3 Å². The van der Waals surface area contributed by atoms with Crippen molar-refractivity contribution in [3.63, 3.8) is 0 Å². The van der Waals surface area contributed by atoms with Crippen LogP contribution in [0.1, 0.15) is 12.0 Å². The second-order valence-electron chi connectivity index (χ2n) is 3.68. The molecule has 0 saturated heterocycles. The lowest BCUT2D eigenvalue weighted by molar-refractivity contribution is -0.138. The molecular weight excluding hydrogens is 222 g/mol. The first kappa shape index (κ1) is 11.4. The number of ether oxygens (including phenoxy) is 2. The fourth-order valence-electron chi connectivity index (χ4n) is 1.69. The Kier molecular flexibility index (Phi) is 3.27. The number of hydrogen-bond donors (Lipinski definition) is 1. The summed E-state index contributed by atoms with van der Waals surface area (Å²) in [6.45, 7) is 0.375. The Hall–Kier alpha value is -2.04. The minimum atomic E-state index is -0.883. The van der Waals surface area contributed by atoms with Gasteiger partial charge in [-0.15, -0.1) is 0 Å². The van der Waals surface area contributed by atoms with E-state index in [1.165, 1.54) is 0 Å². The lowest BCUT2D eigenvalue weighted by Crippen LogP contribution is -2.18. The maximum atomic E-state index is 10.6. The highest BCUT2D eigenvalue weighted by atomic mass is 16.5. The quantitative estimate of drug-likeness (QED) is 0.854. The molecule has 0 aliphatic carbocycles. The molecule has 2 rings (SSSR count). The van der Waals surface area contributed by atoms with Gasteiger partial charge in [0.1, 0.15) is 11.9 Å². The summed E-state index contributed by atoms with van der Waals surface area (Å²) in [5.41, 5.74) is 0.753. The van der Waals surface area contributed by atoms with E-state index in [2.05, 4.69) is 4.99 Å². The smallest absolute Gasteiger partial charge is 0.307 e. The Labute approximate surface area is 98.7 Å². The standard InChI is InChI=1S/C12H13NO4/c1-16-10-5-3-2-4-9(10)12-13-7-8(17-12)6-11(14)15/h2-5,8H,6-7H2,1H3,(H,14,15). The minimum Gasteiger partial charge on any atom is -0.496 e. The molecule has 0 bridgehead atoms. The normalized spacial score (nSPS) is 18.4. The van der Waals surface area contributed by atoms with Gasteiger partial charge in [-0.3, -0.25) is 4.79 Å². The van der Waals surface area contributed by atoms with Crippen LogP contribution in [0.5, 0.6) is 5.75 Å². The summed E-state index contributed by atoms with van der Waals surface area (Å²) in [5.74, 6) is 0.238. The van der Waals surface area contributed by atoms with E-state index < -0.39 is 5.97 Å². The topological polar surface area (TPSA) is 68.1 Å². The van der Waals surface area contributed by atoms with Crippen LogP contribution in [0, 0.1) is 0 Å². The van der Waals surface area contributed by atoms with Crippen molar-refractivity contribution < 1.29 is 19.4 Å². The number of carboxylic acid groups (broad SMARTS) is 1. The van der Waals surface area contributed by atoms with E-state index in [-0.39, 0.29) is 12.5 Å². The summed E-state index contributed by atoms with van der Waals surface area (Å²) in [6, 6.07) is 7.35. The number of carboxylic acids is 1. The van der Waals surface area contributed by atoms with Gasteiger partial charge in [-0.05, 0) is 12.1 Å². The van der Waals surface area contributed by atoms with Crippen LogP contribution in [0.4, 0.5) is 0 Å². The first-order valence-electron chi connectivity index (χ1n) is 5.27. The van der Waals surface area contributed by atoms with Gasteiger partial charge in [0.05, 0.1) is 25.6 Å². The van der Waals surface area contributed by atoms with E-state index in [0.717, 1.165) is 5.56 Å². The van der Waals surface area contributed by atoms with Crippen molar-refractivity contribution in [2.75, 3.05) is 13.7 Å². The molecule has 5 nitrogen and oxygen atoms in total. The second kappa shape index (κ2) is 4.86. The maximum Gasteiger partial charge on any atom is 0.307 e. The SMILES string of the molecule is COc1ccccc1C1=NCC(CC(=O)O)O1. The number of aliphatic carboxylic acids is 1. The zero-order valence-corrected chi connectivity index (χ0v) is 9.42. The fraction of sp³-hybridized carbons (Fsp3) is 0.333. The summed E-state index contributed by atoms with van der Waals surface area (Å²) in [7, 11) is 1.57. The molecule has 1 atom stereocenters. The third-order valence-corrected chi connectivity index (χ3v) is 2.46. The van der Waals surface area contributed by atoms with E-state index in [9.17, 15) is 4.79 Å². The summed E-state index contributed by atoms with van der Waals surface area (Å²) in [5, 5.41) is 8.68. The Morgan fingerprint density at radius 3 is 3.06 bits per heavy atom. The van der Waals surface area contributed by atoms with Crippen LogP contribution < -0.4 is 4.74 Å². The van der Waals surface area contributed by atoms with E-state index in [1.807, 2.05) is 24.3 Å². The van der Waals surface area contributed by atoms with Crippen LogP contribution in [0.25, 0.3) is 0 Å². The van der Waals surface area contributed by atoms with Crippen molar-refractivity contribution >= 4 is 11.9 Å². The Balaban J connectivity index is 2.12. The number of nitrogens with zero attached hydrogens (tertiary/aromatic N) is 1. The zero-order chi connectivity index (χ0) is 12.3. The summed E-state index contributed by atoms with van der Waals surface area (Å²) < 4.78 is 10.7. The highest BCUT2D eigenvalue weighted by molar-refractivity contribution is 5.97. The number of para-hydroxylation sites is 1. The fourth-order valence-corrected chi connectivity index (χ4v) is 1.69. The van der Waals surface area contributed by atoms with Crippen LogP contribution in [-0.4, -0.2) is 36.7 Å². The second-order valence-corrected chi connectivity index (χ2v) is 3.68. The van der Waals surface area contributed by atoms with Gasteiger partial charge in [0.25, 0.3) is 0 Å². The molecule has 0 fully saturated rings. The minimum absolute atomic E-state index is 0.0395. The van der Waals surface area contributed by atoms with E-state index in [1.54, 1.807) is 7.11 Å². The molecule has 17 heavy (non-hydrogen) atoms. The van der Waals surface area contributed by atoms with Crippen LogP contribution in [0.3, 0.4) is 0 Å². The molecule has 90 valence electrons. The van der Waals surface area contributed by atoms with E-state index >= 15 is 0 Å². The van der Waals surface area contributed by atoms with Gasteiger partial charge in [-0.2, -0.15) is 0 Å². The van der Waals surface area contributed by atoms with Crippen LogP contribution in [-0.2, 0) is 9.53 Å². The molecule has 1 heterocycles. The van der Waals surface area contributed by atoms with Crippen molar-refractivity contribution in [3.8, 4) is 5.75 Å². The Bertz CT molecular complexity index is 456. The average Bonchev–Trinajstić information content (AvgIpc) is 2.76. The molecule has 0 spiro atoms. The van der Waals surface area contributed by atoms with Crippen molar-refractivity contribution in [1.29, 1.82) is 0 Å². The predicted molar refractivity (Wildman–Crippen MR) is 61.5 cm³/mol. The number of hydrogen-bond acceptors (Lipinski definition) is 4. The third kappa shape index (κ3) is 2.55. The number of aliphatic imine (C=N–C) groups is 1. The number of carbonyl (C=O) groups is 1. The first-order chi connectivity index (χ1) is 8.20. The Morgan fingerprint density at radius 1 is 1.59 bits per heavy atom. The predicted octanol–water partition coefficient (Wildman–Crippen LogP) is 1.32. The monoisotopic (exact) mass is 235 g/mol. The lowest BCUT2D eigenvalue weighted by Gasteiger charge is -2.11. The molecule has 0 radical (unpaired) electrons. The molecule has 1 aliphatic heterocycles. The van der Waals surface area contributed by atoms with Crippen molar-refractivity contribution in [3.05, 3.63) is 29.8 Å².